The summed E-state index contributed by atoms with van der Waals surface area (Å²) in [6, 6.07) is 16.9. The molecule has 338 valence electrons. The van der Waals surface area contributed by atoms with Crippen LogP contribution in [0.4, 0.5) is 22.7 Å². The van der Waals surface area contributed by atoms with Crippen molar-refractivity contribution in [3.05, 3.63) is 115 Å². The summed E-state index contributed by atoms with van der Waals surface area (Å²) in [5, 5.41) is 28.0. The van der Waals surface area contributed by atoms with E-state index in [1.165, 1.54) is 72.8 Å². The van der Waals surface area contributed by atoms with Gasteiger partial charge >= 0.3 is 11.4 Å². The van der Waals surface area contributed by atoms with Gasteiger partial charge in [0.05, 0.1) is 47.1 Å². The molecule has 1 atom stereocenters. The van der Waals surface area contributed by atoms with E-state index in [1.54, 1.807) is 0 Å². The monoisotopic (exact) mass is 872 g/mol. The molecule has 0 aliphatic rings. The fourth-order valence-corrected chi connectivity index (χ4v) is 5.59. The first-order valence-electron chi connectivity index (χ1n) is 20.8. The summed E-state index contributed by atoms with van der Waals surface area (Å²) in [6.45, 7) is 10.8. The number of amides is 4. The first kappa shape index (κ1) is 50.1. The van der Waals surface area contributed by atoms with Crippen LogP contribution in [0.1, 0.15) is 127 Å². The van der Waals surface area contributed by atoms with Crippen LogP contribution in [0.5, 0.6) is 23.0 Å². The molecule has 18 nitrogen and oxygen atoms in total. The summed E-state index contributed by atoms with van der Waals surface area (Å²) in [5.74, 6) is -1.52. The predicted molar refractivity (Wildman–Crippen MR) is 238 cm³/mol. The highest BCUT2D eigenvalue weighted by Crippen LogP contribution is 2.33. The summed E-state index contributed by atoms with van der Waals surface area (Å²) in [5.41, 5.74) is 11.9. The highest BCUT2D eigenvalue weighted by Gasteiger charge is 2.22. The molecule has 0 heterocycles. The quantitative estimate of drug-likeness (QED) is 0.0292. The summed E-state index contributed by atoms with van der Waals surface area (Å²) in [6.07, 6.45) is 6.75. The number of unbranched alkanes of at least 4 members (excludes halogenated alkanes) is 4. The maximum Gasteiger partial charge on any atom is 0.310 e. The van der Waals surface area contributed by atoms with Gasteiger partial charge in [-0.3, -0.25) is 39.4 Å². The number of primary amides is 2. The van der Waals surface area contributed by atoms with E-state index in [4.69, 9.17) is 30.4 Å². The molecule has 0 aliphatic carbocycles. The van der Waals surface area contributed by atoms with Crippen LogP contribution in [0.25, 0.3) is 0 Å². The molecule has 0 spiro atoms. The maximum atomic E-state index is 12.9. The number of nitrogens with zero attached hydrogens (tertiary/aromatic N) is 2. The van der Waals surface area contributed by atoms with E-state index in [0.717, 1.165) is 44.9 Å². The molecule has 4 aromatic rings. The van der Waals surface area contributed by atoms with E-state index in [9.17, 15) is 39.4 Å². The van der Waals surface area contributed by atoms with Gasteiger partial charge in [-0.15, -0.1) is 0 Å². The van der Waals surface area contributed by atoms with Crippen LogP contribution in [0.15, 0.2) is 72.8 Å². The number of nitro groups is 2. The molecule has 0 radical (unpaired) electrons. The minimum Gasteiger partial charge on any atom is -0.491 e. The second-order valence-electron chi connectivity index (χ2n) is 14.2. The molecule has 18 heteroatoms. The largest absolute Gasteiger partial charge is 0.491 e. The number of anilines is 2. The van der Waals surface area contributed by atoms with Crippen LogP contribution in [0, 0.1) is 20.2 Å². The van der Waals surface area contributed by atoms with Crippen LogP contribution in [-0.2, 0) is 0 Å². The van der Waals surface area contributed by atoms with Crippen LogP contribution in [0.3, 0.4) is 0 Å². The fourth-order valence-electron chi connectivity index (χ4n) is 5.59. The Hall–Kier alpha value is -7.24. The van der Waals surface area contributed by atoms with E-state index >= 15 is 0 Å². The molecule has 0 aromatic heterocycles. The third-order valence-electron chi connectivity index (χ3n) is 9.24. The molecule has 0 saturated heterocycles. The Kier molecular flexibility index (Phi) is 20.3. The van der Waals surface area contributed by atoms with Crippen LogP contribution in [-0.4, -0.2) is 59.4 Å². The standard InChI is InChI=1S/C23H29N3O6.C22H27N3O6/c1-4-6-7-12-31-21-14-17(9-11-19(21)26(29)30)23(28)25-18-10-8-16(22(24)27)13-20(18)32-15(3)5-2;1-3-5-6-12-31-19-13-15(21(23)26)7-9-17(19)24-22(27)16-8-10-18(25(28)29)20(14-16)30-11-4-2/h8-11,13-15H,4-7,12H2,1-3H3,(H2,24,27)(H,25,28);7-10,13-14H,3-6,11-12H2,1-2H3,(H2,23,26)(H,24,27). The minimum atomic E-state index is -0.614. The first-order chi connectivity index (χ1) is 30.1. The van der Waals surface area contributed by atoms with E-state index in [0.29, 0.717) is 42.5 Å². The molecule has 63 heavy (non-hydrogen) atoms. The lowest BCUT2D eigenvalue weighted by molar-refractivity contribution is -0.386. The number of benzene rings is 4. The Labute approximate surface area is 365 Å². The number of ether oxygens (including phenoxy) is 4. The Bertz CT molecular complexity index is 2230. The van der Waals surface area contributed by atoms with Crippen LogP contribution < -0.4 is 41.0 Å². The van der Waals surface area contributed by atoms with Gasteiger partial charge in [-0.1, -0.05) is 53.4 Å². The lowest BCUT2D eigenvalue weighted by Crippen LogP contribution is -2.17. The van der Waals surface area contributed by atoms with Crippen molar-refractivity contribution in [1.29, 1.82) is 0 Å². The van der Waals surface area contributed by atoms with Crippen LogP contribution in [0.2, 0.25) is 0 Å². The Morgan fingerprint density at radius 1 is 0.556 bits per heavy atom. The van der Waals surface area contributed by atoms with Gasteiger partial charge in [0.2, 0.25) is 11.8 Å². The van der Waals surface area contributed by atoms with E-state index in [1.807, 2.05) is 27.7 Å². The Morgan fingerprint density at radius 3 is 1.37 bits per heavy atom. The van der Waals surface area contributed by atoms with E-state index in [2.05, 4.69) is 17.6 Å². The number of rotatable bonds is 24. The predicted octanol–water partition coefficient (Wildman–Crippen LogP) is 9.00. The van der Waals surface area contributed by atoms with Gasteiger partial charge in [0.1, 0.15) is 11.5 Å². The third-order valence-corrected chi connectivity index (χ3v) is 9.24. The van der Waals surface area contributed by atoms with E-state index < -0.39 is 33.5 Å². The van der Waals surface area contributed by atoms with Crippen molar-refractivity contribution < 1.29 is 48.0 Å². The Balaban J connectivity index is 0.000000335. The zero-order valence-electron chi connectivity index (χ0n) is 36.2. The van der Waals surface area contributed by atoms with Gasteiger partial charge in [-0.2, -0.15) is 0 Å². The molecular weight excluding hydrogens is 817 g/mol. The summed E-state index contributed by atoms with van der Waals surface area (Å²) in [7, 11) is 0. The van der Waals surface area contributed by atoms with Crippen molar-refractivity contribution in [3.8, 4) is 23.0 Å². The second kappa shape index (κ2) is 25.5. The number of nitrogens with two attached hydrogens (primary N) is 2. The van der Waals surface area contributed by atoms with Gasteiger partial charge in [0.25, 0.3) is 11.8 Å². The lowest BCUT2D eigenvalue weighted by atomic mass is 10.1. The third kappa shape index (κ3) is 15.6. The Morgan fingerprint density at radius 2 is 0.952 bits per heavy atom. The molecule has 0 saturated carbocycles. The smallest absolute Gasteiger partial charge is 0.310 e. The molecule has 4 amide bonds. The van der Waals surface area contributed by atoms with Gasteiger partial charge in [-0.25, -0.2) is 0 Å². The van der Waals surface area contributed by atoms with E-state index in [-0.39, 0.29) is 57.8 Å². The molecule has 0 aliphatic heterocycles. The average molecular weight is 873 g/mol. The van der Waals surface area contributed by atoms with Gasteiger partial charge in [0, 0.05) is 46.5 Å². The van der Waals surface area contributed by atoms with Gasteiger partial charge in [-0.05, 0) is 81.1 Å². The molecule has 4 rings (SSSR count). The number of hydrogen-bond acceptors (Lipinski definition) is 12. The van der Waals surface area contributed by atoms with Crippen molar-refractivity contribution >= 4 is 46.4 Å². The van der Waals surface area contributed by atoms with Crippen molar-refractivity contribution in [2.24, 2.45) is 11.5 Å². The van der Waals surface area contributed by atoms with Gasteiger partial charge in [0.15, 0.2) is 11.5 Å². The number of hydrogen-bond donors (Lipinski definition) is 4. The molecule has 0 bridgehead atoms. The second-order valence-corrected chi connectivity index (χ2v) is 14.2. The molecule has 6 N–H and O–H groups in total. The topological polar surface area (TPSA) is 268 Å². The lowest BCUT2D eigenvalue weighted by Gasteiger charge is -2.17. The zero-order chi connectivity index (χ0) is 46.5. The SMILES string of the molecule is CCCCCOc1cc(C(=O)Nc2ccc(C(N)=O)cc2OC(C)CC)ccc1[N+](=O)[O-].CCCCCOc1cc(C(N)=O)ccc1NC(=O)c1ccc([N+](=O)[O-])c(OCCC)c1. The van der Waals surface area contributed by atoms with Crippen LogP contribution >= 0.6 is 0 Å². The zero-order valence-corrected chi connectivity index (χ0v) is 36.2. The van der Waals surface area contributed by atoms with Crippen molar-refractivity contribution in [2.45, 2.75) is 92.1 Å². The van der Waals surface area contributed by atoms with Crippen molar-refractivity contribution in [2.75, 3.05) is 30.5 Å². The number of carbonyl (C=O) groups excluding carboxylic acids is 4. The molecule has 0 fully saturated rings. The minimum absolute atomic E-state index is 0.0274. The molecular formula is C45H56N6O12. The first-order valence-corrected chi connectivity index (χ1v) is 20.8. The number of carbonyl (C=O) groups is 4. The highest BCUT2D eigenvalue weighted by molar-refractivity contribution is 6.07. The highest BCUT2D eigenvalue weighted by atomic mass is 16.6. The van der Waals surface area contributed by atoms with Crippen molar-refractivity contribution in [1.82, 2.24) is 0 Å². The number of nitrogens with one attached hydrogen (secondary N) is 2. The number of nitro benzene ring substituents is 2. The summed E-state index contributed by atoms with van der Waals surface area (Å²) in [4.78, 5) is 70.1. The molecule has 1 unspecified atom stereocenters. The normalized spacial score (nSPS) is 10.9. The average Bonchev–Trinajstić information content (AvgIpc) is 3.26. The van der Waals surface area contributed by atoms with Crippen molar-refractivity contribution in [3.63, 3.8) is 0 Å². The summed E-state index contributed by atoms with van der Waals surface area (Å²) >= 11 is 0. The fraction of sp³-hybridized carbons (Fsp3) is 0.378. The maximum absolute atomic E-state index is 12.9. The molecule has 4 aromatic carbocycles. The van der Waals surface area contributed by atoms with Gasteiger partial charge < -0.3 is 41.0 Å². The summed E-state index contributed by atoms with van der Waals surface area (Å²) < 4.78 is 22.6.